The second-order valence-electron chi connectivity index (χ2n) is 2.29. The number of ether oxygens (including phenoxy) is 1. The van der Waals surface area contributed by atoms with Gasteiger partial charge in [0.1, 0.15) is 5.76 Å². The van der Waals surface area contributed by atoms with E-state index in [9.17, 15) is 0 Å². The SMILES string of the molecule is COC1=CC=CCC=C1C. The minimum atomic E-state index is 0.966. The molecule has 0 fully saturated rings. The van der Waals surface area contributed by atoms with Gasteiger partial charge < -0.3 is 4.74 Å². The average molecular weight is 136 g/mol. The monoisotopic (exact) mass is 136 g/mol. The molecule has 0 aromatic rings. The van der Waals surface area contributed by atoms with E-state index in [0.717, 1.165) is 12.2 Å². The van der Waals surface area contributed by atoms with Gasteiger partial charge in [0.15, 0.2) is 0 Å². The van der Waals surface area contributed by atoms with E-state index in [4.69, 9.17) is 4.74 Å². The highest BCUT2D eigenvalue weighted by Crippen LogP contribution is 2.13. The van der Waals surface area contributed by atoms with E-state index in [1.807, 2.05) is 12.2 Å². The van der Waals surface area contributed by atoms with E-state index in [1.54, 1.807) is 7.11 Å². The Kier molecular flexibility index (Phi) is 2.32. The molecular formula is C9H12O. The summed E-state index contributed by atoms with van der Waals surface area (Å²) in [4.78, 5) is 0. The van der Waals surface area contributed by atoms with Gasteiger partial charge in [-0.25, -0.2) is 0 Å². The fourth-order valence-corrected chi connectivity index (χ4v) is 0.940. The summed E-state index contributed by atoms with van der Waals surface area (Å²) in [5, 5.41) is 0. The first kappa shape index (κ1) is 7.13. The molecule has 0 spiro atoms. The fourth-order valence-electron chi connectivity index (χ4n) is 0.940. The zero-order valence-corrected chi connectivity index (χ0v) is 6.42. The number of hydrogen-bond acceptors (Lipinski definition) is 1. The van der Waals surface area contributed by atoms with Gasteiger partial charge in [-0.15, -0.1) is 0 Å². The van der Waals surface area contributed by atoms with E-state index >= 15 is 0 Å². The highest BCUT2D eigenvalue weighted by atomic mass is 16.5. The summed E-state index contributed by atoms with van der Waals surface area (Å²) in [7, 11) is 1.70. The lowest BCUT2D eigenvalue weighted by molar-refractivity contribution is 0.301. The standard InChI is InChI=1S/C9H12O/c1-8-6-4-3-5-7-9(8)10-2/h3,5-7H,4H2,1-2H3. The van der Waals surface area contributed by atoms with Crippen LogP contribution in [0.2, 0.25) is 0 Å². The van der Waals surface area contributed by atoms with Gasteiger partial charge in [0.2, 0.25) is 0 Å². The van der Waals surface area contributed by atoms with Crippen LogP contribution in [-0.2, 0) is 4.74 Å². The molecule has 0 saturated heterocycles. The molecule has 0 aromatic carbocycles. The van der Waals surface area contributed by atoms with Crippen molar-refractivity contribution in [2.24, 2.45) is 0 Å². The molecule has 0 aliphatic heterocycles. The van der Waals surface area contributed by atoms with E-state index in [2.05, 4.69) is 19.1 Å². The van der Waals surface area contributed by atoms with Crippen molar-refractivity contribution in [2.45, 2.75) is 13.3 Å². The van der Waals surface area contributed by atoms with E-state index in [1.165, 1.54) is 5.57 Å². The molecule has 0 unspecified atom stereocenters. The van der Waals surface area contributed by atoms with Gasteiger partial charge in [-0.3, -0.25) is 0 Å². The molecule has 1 heteroatoms. The zero-order valence-electron chi connectivity index (χ0n) is 6.42. The summed E-state index contributed by atoms with van der Waals surface area (Å²) in [5.41, 5.74) is 1.22. The molecule has 1 aliphatic carbocycles. The molecule has 0 N–H and O–H groups in total. The van der Waals surface area contributed by atoms with Crippen LogP contribution in [0.4, 0.5) is 0 Å². The first-order valence-electron chi connectivity index (χ1n) is 3.42. The van der Waals surface area contributed by atoms with Crippen molar-refractivity contribution in [1.29, 1.82) is 0 Å². The van der Waals surface area contributed by atoms with Crippen LogP contribution in [0.3, 0.4) is 0 Å². The summed E-state index contributed by atoms with van der Waals surface area (Å²) < 4.78 is 5.12. The van der Waals surface area contributed by atoms with Crippen LogP contribution in [0.5, 0.6) is 0 Å². The van der Waals surface area contributed by atoms with E-state index in [-0.39, 0.29) is 0 Å². The smallest absolute Gasteiger partial charge is 0.121 e. The van der Waals surface area contributed by atoms with Crippen LogP contribution in [0.25, 0.3) is 0 Å². The fraction of sp³-hybridized carbons (Fsp3) is 0.333. The van der Waals surface area contributed by atoms with Gasteiger partial charge in [0.05, 0.1) is 7.11 Å². The van der Waals surface area contributed by atoms with Gasteiger partial charge in [-0.2, -0.15) is 0 Å². The van der Waals surface area contributed by atoms with Crippen LogP contribution in [0.15, 0.2) is 35.6 Å². The van der Waals surface area contributed by atoms with Gasteiger partial charge in [0, 0.05) is 0 Å². The Morgan fingerprint density at radius 1 is 1.50 bits per heavy atom. The summed E-state index contributed by atoms with van der Waals surface area (Å²) in [5.74, 6) is 0.966. The van der Waals surface area contributed by atoms with Gasteiger partial charge in [-0.05, 0) is 25.0 Å². The molecule has 0 saturated carbocycles. The first-order chi connectivity index (χ1) is 4.84. The van der Waals surface area contributed by atoms with Crippen molar-refractivity contribution in [3.63, 3.8) is 0 Å². The molecule has 10 heavy (non-hydrogen) atoms. The number of methoxy groups -OCH3 is 1. The highest BCUT2D eigenvalue weighted by molar-refractivity contribution is 5.30. The number of allylic oxidation sites excluding steroid dienone is 5. The Balaban J connectivity index is 2.82. The summed E-state index contributed by atoms with van der Waals surface area (Å²) >= 11 is 0. The molecule has 54 valence electrons. The Morgan fingerprint density at radius 3 is 3.00 bits per heavy atom. The molecule has 1 rings (SSSR count). The minimum absolute atomic E-state index is 0.966. The predicted molar refractivity (Wildman–Crippen MR) is 42.6 cm³/mol. The van der Waals surface area contributed by atoms with Crippen LogP contribution >= 0.6 is 0 Å². The quantitative estimate of drug-likeness (QED) is 0.538. The Hall–Kier alpha value is -0.980. The third-order valence-electron chi connectivity index (χ3n) is 1.55. The predicted octanol–water partition coefficient (Wildman–Crippen LogP) is 2.42. The summed E-state index contributed by atoms with van der Waals surface area (Å²) in [6.07, 6.45) is 9.27. The largest absolute Gasteiger partial charge is 0.497 e. The van der Waals surface area contributed by atoms with Crippen LogP contribution in [0, 0.1) is 0 Å². The van der Waals surface area contributed by atoms with Crippen molar-refractivity contribution in [3.8, 4) is 0 Å². The number of rotatable bonds is 1. The van der Waals surface area contributed by atoms with Crippen molar-refractivity contribution in [1.82, 2.24) is 0 Å². The van der Waals surface area contributed by atoms with E-state index in [0.29, 0.717) is 0 Å². The molecule has 0 atom stereocenters. The van der Waals surface area contributed by atoms with Gasteiger partial charge in [0.25, 0.3) is 0 Å². The topological polar surface area (TPSA) is 9.23 Å². The lowest BCUT2D eigenvalue weighted by Crippen LogP contribution is -1.86. The number of hydrogen-bond donors (Lipinski definition) is 0. The summed E-state index contributed by atoms with van der Waals surface area (Å²) in [6.45, 7) is 2.06. The van der Waals surface area contributed by atoms with Crippen molar-refractivity contribution in [3.05, 3.63) is 35.6 Å². The van der Waals surface area contributed by atoms with Crippen molar-refractivity contribution >= 4 is 0 Å². The van der Waals surface area contributed by atoms with E-state index < -0.39 is 0 Å². The lowest BCUT2D eigenvalue weighted by Gasteiger charge is -2.02. The molecule has 0 amide bonds. The maximum absolute atomic E-state index is 5.12. The Bertz CT molecular complexity index is 197. The molecule has 0 heterocycles. The molecule has 0 bridgehead atoms. The maximum Gasteiger partial charge on any atom is 0.121 e. The molecule has 1 nitrogen and oxygen atoms in total. The second kappa shape index (κ2) is 3.25. The highest BCUT2D eigenvalue weighted by Gasteiger charge is 1.97. The van der Waals surface area contributed by atoms with Crippen molar-refractivity contribution in [2.75, 3.05) is 7.11 Å². The molecule has 1 aliphatic rings. The molecule has 0 aromatic heterocycles. The minimum Gasteiger partial charge on any atom is -0.497 e. The normalized spacial score (nSPS) is 17.4. The first-order valence-corrected chi connectivity index (χ1v) is 3.42. The van der Waals surface area contributed by atoms with Gasteiger partial charge >= 0.3 is 0 Å². The van der Waals surface area contributed by atoms with Crippen LogP contribution < -0.4 is 0 Å². The zero-order chi connectivity index (χ0) is 7.40. The van der Waals surface area contributed by atoms with Crippen LogP contribution in [-0.4, -0.2) is 7.11 Å². The summed E-state index contributed by atoms with van der Waals surface area (Å²) in [6, 6.07) is 0. The lowest BCUT2D eigenvalue weighted by atomic mass is 10.2. The third kappa shape index (κ3) is 1.50. The van der Waals surface area contributed by atoms with Crippen molar-refractivity contribution < 1.29 is 4.74 Å². The Labute approximate surface area is 61.7 Å². The van der Waals surface area contributed by atoms with Gasteiger partial charge in [-0.1, -0.05) is 18.2 Å². The molecule has 0 radical (unpaired) electrons. The average Bonchev–Trinajstić information content (AvgIpc) is 2.13. The third-order valence-corrected chi connectivity index (χ3v) is 1.55. The maximum atomic E-state index is 5.12. The Morgan fingerprint density at radius 2 is 2.30 bits per heavy atom. The second-order valence-corrected chi connectivity index (χ2v) is 2.29. The van der Waals surface area contributed by atoms with Crippen LogP contribution in [0.1, 0.15) is 13.3 Å². The molecular weight excluding hydrogens is 124 g/mol.